The van der Waals surface area contributed by atoms with Crippen LogP contribution in [0.25, 0.3) is 22.6 Å². The minimum atomic E-state index is -0.151. The van der Waals surface area contributed by atoms with Gasteiger partial charge >= 0.3 is 0 Å². The molecule has 2 N–H and O–H groups in total. The number of hydrogen-bond acceptors (Lipinski definition) is 7. The van der Waals surface area contributed by atoms with Crippen LogP contribution in [0.15, 0.2) is 53.0 Å². The Bertz CT molecular complexity index is 1200. The first-order valence-corrected chi connectivity index (χ1v) is 11.4. The van der Waals surface area contributed by atoms with Crippen molar-refractivity contribution in [3.05, 3.63) is 59.0 Å². The van der Waals surface area contributed by atoms with E-state index in [9.17, 15) is 4.79 Å². The van der Waals surface area contributed by atoms with Crippen molar-refractivity contribution in [2.45, 2.75) is 19.0 Å². The molecule has 0 aliphatic carbocycles. The van der Waals surface area contributed by atoms with Crippen LogP contribution in [0.1, 0.15) is 11.1 Å². The Balaban J connectivity index is 1.33. The highest BCUT2D eigenvalue weighted by atomic mass is 32.2. The monoisotopic (exact) mass is 451 g/mol. The highest BCUT2D eigenvalue weighted by Crippen LogP contribution is 2.27. The van der Waals surface area contributed by atoms with Crippen molar-refractivity contribution in [2.24, 2.45) is 0 Å². The van der Waals surface area contributed by atoms with Crippen LogP contribution in [0.4, 0.5) is 5.13 Å². The number of carbonyl (C=O) groups excluding carboxylic acids is 1. The molecule has 4 aromatic rings. The molecule has 7 nitrogen and oxygen atoms in total. The minimum absolute atomic E-state index is 0.151. The Morgan fingerprint density at radius 1 is 1.10 bits per heavy atom. The van der Waals surface area contributed by atoms with Crippen LogP contribution in [-0.4, -0.2) is 38.9 Å². The summed E-state index contributed by atoms with van der Waals surface area (Å²) in [5.41, 5.74) is 5.25. The Labute approximate surface area is 188 Å². The fraction of sp³-hybridized carbons (Fsp3) is 0.182. The van der Waals surface area contributed by atoms with Crippen molar-refractivity contribution < 1.29 is 9.53 Å². The molecule has 2 aromatic carbocycles. The molecule has 0 atom stereocenters. The zero-order valence-corrected chi connectivity index (χ0v) is 18.9. The number of ether oxygens (including phenoxy) is 1. The van der Waals surface area contributed by atoms with Crippen molar-refractivity contribution in [1.82, 2.24) is 20.2 Å². The number of nitrogens with zero attached hydrogens (tertiary/aromatic N) is 3. The molecule has 2 aromatic heterocycles. The lowest BCUT2D eigenvalue weighted by Crippen LogP contribution is -2.13. The molecule has 4 rings (SSSR count). The van der Waals surface area contributed by atoms with E-state index in [1.165, 1.54) is 34.2 Å². The smallest absolute Gasteiger partial charge is 0.236 e. The molecule has 0 aliphatic rings. The van der Waals surface area contributed by atoms with Gasteiger partial charge in [-0.3, -0.25) is 9.89 Å². The first-order chi connectivity index (χ1) is 15.0. The quantitative estimate of drug-likeness (QED) is 0.386. The third kappa shape index (κ3) is 5.12. The third-order valence-corrected chi connectivity index (χ3v) is 6.32. The average molecular weight is 452 g/mol. The number of thiazole rings is 1. The van der Waals surface area contributed by atoms with E-state index in [0.717, 1.165) is 22.6 Å². The fourth-order valence-electron chi connectivity index (χ4n) is 2.84. The normalized spacial score (nSPS) is 10.8. The predicted molar refractivity (Wildman–Crippen MR) is 125 cm³/mol. The fourth-order valence-corrected chi connectivity index (χ4v) is 4.17. The van der Waals surface area contributed by atoms with E-state index in [-0.39, 0.29) is 11.7 Å². The number of carbonyl (C=O) groups is 1. The molecule has 2 heterocycles. The topological polar surface area (TPSA) is 92.8 Å². The summed E-state index contributed by atoms with van der Waals surface area (Å²) in [5, 5.41) is 13.0. The molecule has 0 saturated carbocycles. The summed E-state index contributed by atoms with van der Waals surface area (Å²) in [6.07, 6.45) is 0. The maximum Gasteiger partial charge on any atom is 0.236 e. The minimum Gasteiger partial charge on any atom is -0.497 e. The molecule has 0 radical (unpaired) electrons. The van der Waals surface area contributed by atoms with Crippen molar-refractivity contribution in [2.75, 3.05) is 18.2 Å². The van der Waals surface area contributed by atoms with Crippen molar-refractivity contribution >= 4 is 34.1 Å². The van der Waals surface area contributed by atoms with Crippen molar-refractivity contribution in [3.63, 3.8) is 0 Å². The average Bonchev–Trinajstić information content (AvgIpc) is 3.44. The molecular weight excluding hydrogens is 430 g/mol. The number of thioether (sulfide) groups is 1. The maximum atomic E-state index is 12.3. The lowest BCUT2D eigenvalue weighted by molar-refractivity contribution is -0.113. The van der Waals surface area contributed by atoms with Crippen LogP contribution in [0.2, 0.25) is 0 Å². The molecule has 0 aliphatic heterocycles. The van der Waals surface area contributed by atoms with E-state index >= 15 is 0 Å². The Morgan fingerprint density at radius 2 is 1.87 bits per heavy atom. The van der Waals surface area contributed by atoms with Gasteiger partial charge < -0.3 is 10.1 Å². The first kappa shape index (κ1) is 21.1. The van der Waals surface area contributed by atoms with Gasteiger partial charge in [-0.2, -0.15) is 0 Å². The van der Waals surface area contributed by atoms with E-state index in [2.05, 4.69) is 51.5 Å². The molecule has 0 spiro atoms. The van der Waals surface area contributed by atoms with Crippen LogP contribution >= 0.6 is 23.1 Å². The number of anilines is 1. The second kappa shape index (κ2) is 9.32. The second-order valence-electron chi connectivity index (χ2n) is 6.87. The molecule has 0 unspecified atom stereocenters. The standard InChI is InChI=1S/C22H21N5O2S2/c1-13-4-5-16(10-14(13)2)18-11-30-21(23-18)24-19(28)12-31-22-25-20(26-27-22)15-6-8-17(29-3)9-7-15/h4-11H,12H2,1-3H3,(H,23,24,28)(H,25,26,27). The lowest BCUT2D eigenvalue weighted by atomic mass is 10.1. The molecule has 9 heteroatoms. The second-order valence-corrected chi connectivity index (χ2v) is 8.67. The number of nitrogens with one attached hydrogen (secondary N) is 2. The van der Waals surface area contributed by atoms with Gasteiger partial charge in [-0.15, -0.1) is 16.4 Å². The molecule has 31 heavy (non-hydrogen) atoms. The van der Waals surface area contributed by atoms with Gasteiger partial charge in [0.2, 0.25) is 11.1 Å². The highest BCUT2D eigenvalue weighted by Gasteiger charge is 2.12. The Kier molecular flexibility index (Phi) is 6.34. The van der Waals surface area contributed by atoms with Gasteiger partial charge in [0.15, 0.2) is 11.0 Å². The molecule has 1 amide bonds. The number of aromatic nitrogens is 4. The molecule has 0 saturated heterocycles. The van der Waals surface area contributed by atoms with E-state index < -0.39 is 0 Å². The SMILES string of the molecule is COc1ccc(-c2nc(SCC(=O)Nc3nc(-c4ccc(C)c(C)c4)cs3)n[nH]2)cc1. The highest BCUT2D eigenvalue weighted by molar-refractivity contribution is 7.99. The van der Waals surface area contributed by atoms with Crippen LogP contribution < -0.4 is 10.1 Å². The molecule has 0 fully saturated rings. The third-order valence-electron chi connectivity index (χ3n) is 4.71. The Hall–Kier alpha value is -3.17. The molecule has 0 bridgehead atoms. The first-order valence-electron chi connectivity index (χ1n) is 9.54. The summed E-state index contributed by atoms with van der Waals surface area (Å²) in [4.78, 5) is 21.3. The lowest BCUT2D eigenvalue weighted by Gasteiger charge is -2.02. The van der Waals surface area contributed by atoms with E-state index in [4.69, 9.17) is 4.74 Å². The largest absolute Gasteiger partial charge is 0.497 e. The zero-order valence-electron chi connectivity index (χ0n) is 17.3. The number of H-pyrrole nitrogens is 1. The van der Waals surface area contributed by atoms with E-state index in [0.29, 0.717) is 16.1 Å². The van der Waals surface area contributed by atoms with Crippen molar-refractivity contribution in [3.8, 4) is 28.4 Å². The molecular formula is C22H21N5O2S2. The van der Waals surface area contributed by atoms with Crippen LogP contribution in [0.3, 0.4) is 0 Å². The summed E-state index contributed by atoms with van der Waals surface area (Å²) >= 11 is 2.67. The van der Waals surface area contributed by atoms with Gasteiger partial charge in [-0.05, 0) is 55.3 Å². The van der Waals surface area contributed by atoms with Crippen LogP contribution in [0, 0.1) is 13.8 Å². The van der Waals surface area contributed by atoms with Gasteiger partial charge in [-0.1, -0.05) is 23.9 Å². The summed E-state index contributed by atoms with van der Waals surface area (Å²) in [7, 11) is 1.62. The van der Waals surface area contributed by atoms with Gasteiger partial charge in [0.25, 0.3) is 0 Å². The van der Waals surface area contributed by atoms with Crippen molar-refractivity contribution in [1.29, 1.82) is 0 Å². The summed E-state index contributed by atoms with van der Waals surface area (Å²) in [5.74, 6) is 1.46. The molecule has 158 valence electrons. The number of hydrogen-bond donors (Lipinski definition) is 2. The van der Waals surface area contributed by atoms with Crippen LogP contribution in [0.5, 0.6) is 5.75 Å². The van der Waals surface area contributed by atoms with Gasteiger partial charge in [-0.25, -0.2) is 9.97 Å². The summed E-state index contributed by atoms with van der Waals surface area (Å²) < 4.78 is 5.16. The van der Waals surface area contributed by atoms with E-state index in [1.54, 1.807) is 7.11 Å². The number of aryl methyl sites for hydroxylation is 2. The number of aromatic amines is 1. The predicted octanol–water partition coefficient (Wildman–Crippen LogP) is 4.95. The number of methoxy groups -OCH3 is 1. The maximum absolute atomic E-state index is 12.3. The van der Waals surface area contributed by atoms with Gasteiger partial charge in [0.05, 0.1) is 18.6 Å². The van der Waals surface area contributed by atoms with E-state index in [1.807, 2.05) is 35.7 Å². The summed E-state index contributed by atoms with van der Waals surface area (Å²) in [6.45, 7) is 4.16. The number of amides is 1. The number of benzene rings is 2. The Morgan fingerprint density at radius 3 is 2.61 bits per heavy atom. The van der Waals surface area contributed by atoms with Crippen LogP contribution in [-0.2, 0) is 4.79 Å². The van der Waals surface area contributed by atoms with Gasteiger partial charge in [0, 0.05) is 16.5 Å². The van der Waals surface area contributed by atoms with Gasteiger partial charge in [0.1, 0.15) is 5.75 Å². The number of rotatable bonds is 7. The summed E-state index contributed by atoms with van der Waals surface area (Å²) in [6, 6.07) is 13.7. The zero-order chi connectivity index (χ0) is 21.8.